The second-order valence-corrected chi connectivity index (χ2v) is 6.81. The molecule has 0 unspecified atom stereocenters. The molecule has 1 aromatic carbocycles. The summed E-state index contributed by atoms with van der Waals surface area (Å²) in [6.45, 7) is 1.06. The summed E-state index contributed by atoms with van der Waals surface area (Å²) in [5, 5.41) is 2.72. The highest BCUT2D eigenvalue weighted by Crippen LogP contribution is 2.34. The molecule has 0 atom stereocenters. The van der Waals surface area contributed by atoms with Crippen molar-refractivity contribution >= 4 is 27.3 Å². The third-order valence-electron chi connectivity index (χ3n) is 3.38. The molecule has 2 aliphatic heterocycles. The first-order valence-electron chi connectivity index (χ1n) is 6.50. The van der Waals surface area contributed by atoms with Gasteiger partial charge in [-0.3, -0.25) is 14.1 Å². The van der Waals surface area contributed by atoms with Crippen LogP contribution in [0.15, 0.2) is 23.2 Å². The van der Waals surface area contributed by atoms with E-state index < -0.39 is 10.0 Å². The molecule has 21 heavy (non-hydrogen) atoms. The highest BCUT2D eigenvalue weighted by molar-refractivity contribution is 7.92. The van der Waals surface area contributed by atoms with Crippen LogP contribution in [0.4, 0.5) is 5.69 Å². The molecule has 2 heterocycles. The first-order chi connectivity index (χ1) is 9.95. The summed E-state index contributed by atoms with van der Waals surface area (Å²) in [5.74, 6) is 0.425. The van der Waals surface area contributed by atoms with Gasteiger partial charge in [0.05, 0.1) is 30.7 Å². The maximum absolute atomic E-state index is 11.9. The molecular weight excluding hydrogens is 294 g/mol. The Morgan fingerprint density at radius 1 is 1.38 bits per heavy atom. The van der Waals surface area contributed by atoms with Crippen molar-refractivity contribution < 1.29 is 17.9 Å². The van der Waals surface area contributed by atoms with Gasteiger partial charge in [-0.25, -0.2) is 8.42 Å². The van der Waals surface area contributed by atoms with E-state index in [0.29, 0.717) is 31.1 Å². The Balaban J connectivity index is 2.02. The van der Waals surface area contributed by atoms with Crippen molar-refractivity contribution in [1.29, 1.82) is 0 Å². The number of nitrogens with one attached hydrogen (secondary N) is 1. The fraction of sp³-hybridized carbons (Fsp3) is 0.385. The van der Waals surface area contributed by atoms with Gasteiger partial charge in [0.2, 0.25) is 15.9 Å². The minimum absolute atomic E-state index is 0.0959. The summed E-state index contributed by atoms with van der Waals surface area (Å²) in [7, 11) is -3.35. The van der Waals surface area contributed by atoms with Crippen LogP contribution in [-0.4, -0.2) is 52.5 Å². The second kappa shape index (κ2) is 5.03. The summed E-state index contributed by atoms with van der Waals surface area (Å²) < 4.78 is 30.5. The number of hydrogen-bond acceptors (Lipinski definition) is 5. The molecule has 0 bridgehead atoms. The van der Waals surface area contributed by atoms with Gasteiger partial charge in [0.1, 0.15) is 18.9 Å². The first-order valence-corrected chi connectivity index (χ1v) is 8.35. The number of anilines is 1. The number of carbonyl (C=O) groups is 1. The molecule has 1 N–H and O–H groups in total. The Hall–Kier alpha value is -2.09. The number of aliphatic imine (C=N–C) groups is 1. The van der Waals surface area contributed by atoms with E-state index >= 15 is 0 Å². The van der Waals surface area contributed by atoms with E-state index in [2.05, 4.69) is 10.3 Å². The van der Waals surface area contributed by atoms with Crippen molar-refractivity contribution in [2.24, 2.45) is 4.99 Å². The van der Waals surface area contributed by atoms with Gasteiger partial charge in [0, 0.05) is 0 Å². The van der Waals surface area contributed by atoms with Crippen LogP contribution in [-0.2, 0) is 14.8 Å². The van der Waals surface area contributed by atoms with Gasteiger partial charge in [0.15, 0.2) is 0 Å². The van der Waals surface area contributed by atoms with Crippen LogP contribution in [0.5, 0.6) is 5.75 Å². The van der Waals surface area contributed by atoms with Crippen molar-refractivity contribution in [2.45, 2.75) is 0 Å². The Kier molecular flexibility index (Phi) is 3.32. The number of ether oxygens (including phenoxy) is 1. The molecule has 0 fully saturated rings. The lowest BCUT2D eigenvalue weighted by Crippen LogP contribution is -2.38. The second-order valence-electron chi connectivity index (χ2n) is 4.91. The van der Waals surface area contributed by atoms with Crippen LogP contribution in [0, 0.1) is 0 Å². The number of amides is 1. The Labute approximate surface area is 122 Å². The molecule has 0 saturated carbocycles. The molecule has 1 aromatic rings. The summed E-state index contributed by atoms with van der Waals surface area (Å²) in [5.41, 5.74) is 2.03. The summed E-state index contributed by atoms with van der Waals surface area (Å²) in [6, 6.07) is 5.30. The molecule has 0 radical (unpaired) electrons. The highest BCUT2D eigenvalue weighted by Gasteiger charge is 2.26. The number of carbonyl (C=O) groups excluding carboxylic acids is 1. The zero-order chi connectivity index (χ0) is 15.0. The smallest absolute Gasteiger partial charge is 0.241 e. The fourth-order valence-corrected chi connectivity index (χ4v) is 3.28. The Bertz CT molecular complexity index is 727. The Morgan fingerprint density at radius 3 is 2.86 bits per heavy atom. The summed E-state index contributed by atoms with van der Waals surface area (Å²) >= 11 is 0. The molecule has 7 nitrogen and oxygen atoms in total. The average Bonchev–Trinajstić information content (AvgIpc) is 2.46. The van der Waals surface area contributed by atoms with Gasteiger partial charge in [0.25, 0.3) is 0 Å². The lowest BCUT2D eigenvalue weighted by Gasteiger charge is -2.29. The van der Waals surface area contributed by atoms with Gasteiger partial charge >= 0.3 is 0 Å². The monoisotopic (exact) mass is 309 g/mol. The highest BCUT2D eigenvalue weighted by atomic mass is 32.2. The molecule has 0 aliphatic carbocycles. The predicted octanol–water partition coefficient (Wildman–Crippen LogP) is -0.236. The van der Waals surface area contributed by atoms with Crippen LogP contribution in [0.1, 0.15) is 5.56 Å². The molecular formula is C13H15N3O4S. The number of benzene rings is 1. The molecule has 2 aliphatic rings. The van der Waals surface area contributed by atoms with Crippen LogP contribution in [0.2, 0.25) is 0 Å². The lowest BCUT2D eigenvalue weighted by atomic mass is 10.1. The quantitative estimate of drug-likeness (QED) is 0.817. The molecule has 112 valence electrons. The van der Waals surface area contributed by atoms with Crippen molar-refractivity contribution in [1.82, 2.24) is 5.32 Å². The van der Waals surface area contributed by atoms with Gasteiger partial charge in [-0.1, -0.05) is 0 Å². The van der Waals surface area contributed by atoms with E-state index in [1.165, 1.54) is 10.6 Å². The van der Waals surface area contributed by atoms with E-state index in [1.807, 2.05) is 6.07 Å². The van der Waals surface area contributed by atoms with Gasteiger partial charge in [-0.15, -0.1) is 0 Å². The molecule has 3 rings (SSSR count). The summed E-state index contributed by atoms with van der Waals surface area (Å²) in [6.07, 6.45) is 1.17. The van der Waals surface area contributed by atoms with Crippen LogP contribution >= 0.6 is 0 Å². The molecule has 8 heteroatoms. The lowest BCUT2D eigenvalue weighted by molar-refractivity contribution is -0.119. The minimum atomic E-state index is -3.35. The molecule has 0 aromatic heterocycles. The van der Waals surface area contributed by atoms with Crippen molar-refractivity contribution in [2.75, 3.05) is 36.8 Å². The van der Waals surface area contributed by atoms with Crippen molar-refractivity contribution in [3.63, 3.8) is 0 Å². The SMILES string of the molecule is CS(=O)(=O)N1CCOc2ccc(C3=NCC(=O)NC3)cc21. The number of rotatable bonds is 2. The van der Waals surface area contributed by atoms with Crippen LogP contribution < -0.4 is 14.4 Å². The third-order valence-corrected chi connectivity index (χ3v) is 4.56. The zero-order valence-electron chi connectivity index (χ0n) is 11.5. The van der Waals surface area contributed by atoms with E-state index in [1.54, 1.807) is 12.1 Å². The number of hydrogen-bond donors (Lipinski definition) is 1. The maximum Gasteiger partial charge on any atom is 0.241 e. The number of fused-ring (bicyclic) bond motifs is 1. The maximum atomic E-state index is 11.9. The molecule has 1 amide bonds. The van der Waals surface area contributed by atoms with E-state index in [-0.39, 0.29) is 12.5 Å². The normalized spacial score (nSPS) is 18.4. The first kappa shape index (κ1) is 13.9. The molecule has 0 spiro atoms. The van der Waals surface area contributed by atoms with Gasteiger partial charge in [-0.05, 0) is 23.8 Å². The zero-order valence-corrected chi connectivity index (χ0v) is 12.3. The van der Waals surface area contributed by atoms with E-state index in [9.17, 15) is 13.2 Å². The van der Waals surface area contributed by atoms with Crippen LogP contribution in [0.25, 0.3) is 0 Å². The van der Waals surface area contributed by atoms with Crippen molar-refractivity contribution in [3.8, 4) is 5.75 Å². The fourth-order valence-electron chi connectivity index (χ4n) is 2.37. The topological polar surface area (TPSA) is 88.1 Å². The molecule has 0 saturated heterocycles. The number of nitrogens with zero attached hydrogens (tertiary/aromatic N) is 2. The number of sulfonamides is 1. The van der Waals surface area contributed by atoms with Crippen molar-refractivity contribution in [3.05, 3.63) is 23.8 Å². The van der Waals surface area contributed by atoms with E-state index in [0.717, 1.165) is 11.3 Å². The largest absolute Gasteiger partial charge is 0.489 e. The third kappa shape index (κ3) is 2.71. The van der Waals surface area contributed by atoms with Gasteiger partial charge < -0.3 is 10.1 Å². The van der Waals surface area contributed by atoms with E-state index in [4.69, 9.17) is 4.74 Å². The summed E-state index contributed by atoms with van der Waals surface area (Å²) in [4.78, 5) is 15.3. The van der Waals surface area contributed by atoms with Crippen LogP contribution in [0.3, 0.4) is 0 Å². The standard InChI is InChI=1S/C13H15N3O4S/c1-21(18,19)16-4-5-20-12-3-2-9(6-11(12)16)10-7-15-13(17)8-14-10/h2-3,6H,4-5,7-8H2,1H3,(H,15,17). The predicted molar refractivity (Wildman–Crippen MR) is 78.5 cm³/mol. The average molecular weight is 309 g/mol. The minimum Gasteiger partial charge on any atom is -0.489 e. The Morgan fingerprint density at radius 2 is 2.19 bits per heavy atom. The van der Waals surface area contributed by atoms with Gasteiger partial charge in [-0.2, -0.15) is 0 Å².